The maximum absolute atomic E-state index is 14.7. The molecule has 6 rings (SSSR count). The zero-order valence-corrected chi connectivity index (χ0v) is 31.6. The summed E-state index contributed by atoms with van der Waals surface area (Å²) in [6.45, 7) is 21.0. The SMILES string of the molecule is CC.CC.CC.CC.CC1(C)C2CCC13CS(=O)(=O)N(C(=O)C(Cc1ccccc1)C(NCc1ccccc1)c1ccccc1)C3C2. The van der Waals surface area contributed by atoms with Gasteiger partial charge in [0.05, 0.1) is 17.7 Å². The molecule has 5 unspecified atom stereocenters. The van der Waals surface area contributed by atoms with E-state index in [1.165, 1.54) is 4.31 Å². The molecular weight excluding hydrogens is 601 g/mol. The molecule has 3 aliphatic rings. The van der Waals surface area contributed by atoms with Gasteiger partial charge in [-0.15, -0.1) is 0 Å². The van der Waals surface area contributed by atoms with Crippen LogP contribution in [-0.2, 0) is 27.8 Å². The monoisotopic (exact) mass is 662 g/mol. The number of benzene rings is 3. The van der Waals surface area contributed by atoms with E-state index in [2.05, 4.69) is 31.3 Å². The lowest BCUT2D eigenvalue weighted by atomic mass is 9.69. The van der Waals surface area contributed by atoms with Crippen molar-refractivity contribution in [2.45, 2.75) is 114 Å². The van der Waals surface area contributed by atoms with Crippen LogP contribution >= 0.6 is 0 Å². The maximum atomic E-state index is 14.7. The van der Waals surface area contributed by atoms with E-state index in [0.717, 1.165) is 36.0 Å². The Morgan fingerprint density at radius 3 is 1.79 bits per heavy atom. The molecule has 0 radical (unpaired) electrons. The Morgan fingerprint density at radius 1 is 0.787 bits per heavy atom. The summed E-state index contributed by atoms with van der Waals surface area (Å²) in [5.41, 5.74) is 2.70. The number of nitrogens with zero attached hydrogens (tertiary/aromatic N) is 1. The number of fused-ring (bicyclic) bond motifs is 1. The first-order valence-corrected chi connectivity index (χ1v) is 19.8. The van der Waals surface area contributed by atoms with Gasteiger partial charge in [-0.25, -0.2) is 12.7 Å². The van der Waals surface area contributed by atoms with Crippen LogP contribution in [0.2, 0.25) is 0 Å². The number of nitrogens with one attached hydrogen (secondary N) is 1. The maximum Gasteiger partial charge on any atom is 0.241 e. The number of carbonyl (C=O) groups is 1. The van der Waals surface area contributed by atoms with Gasteiger partial charge in [0.15, 0.2) is 0 Å². The third-order valence-corrected chi connectivity index (χ3v) is 12.1. The van der Waals surface area contributed by atoms with Crippen molar-refractivity contribution in [2.24, 2.45) is 22.7 Å². The molecule has 6 heteroatoms. The average Bonchev–Trinajstić information content (AvgIpc) is 3.61. The molecule has 3 aromatic rings. The Hall–Kier alpha value is -2.96. The summed E-state index contributed by atoms with van der Waals surface area (Å²) >= 11 is 0. The molecule has 0 aromatic heterocycles. The second-order valence-corrected chi connectivity index (χ2v) is 14.2. The van der Waals surface area contributed by atoms with Crippen LogP contribution in [0, 0.1) is 22.7 Å². The first-order valence-electron chi connectivity index (χ1n) is 18.2. The van der Waals surface area contributed by atoms with Crippen molar-refractivity contribution in [3.05, 3.63) is 108 Å². The third-order valence-electron chi connectivity index (χ3n) is 10.2. The van der Waals surface area contributed by atoms with Crippen LogP contribution in [-0.4, -0.2) is 30.4 Å². The van der Waals surface area contributed by atoms with Gasteiger partial charge in [0.25, 0.3) is 0 Å². The number of rotatable bonds is 8. The second-order valence-electron chi connectivity index (χ2n) is 12.3. The average molecular weight is 663 g/mol. The highest BCUT2D eigenvalue weighted by Crippen LogP contribution is 2.70. The van der Waals surface area contributed by atoms with Gasteiger partial charge in [0.2, 0.25) is 15.9 Å². The van der Waals surface area contributed by atoms with E-state index in [0.29, 0.717) is 18.9 Å². The highest BCUT2D eigenvalue weighted by molar-refractivity contribution is 7.90. The highest BCUT2D eigenvalue weighted by Gasteiger charge is 2.72. The van der Waals surface area contributed by atoms with Crippen molar-refractivity contribution < 1.29 is 13.2 Å². The van der Waals surface area contributed by atoms with Gasteiger partial charge in [-0.3, -0.25) is 4.79 Å². The van der Waals surface area contributed by atoms with E-state index in [4.69, 9.17) is 0 Å². The van der Waals surface area contributed by atoms with Crippen molar-refractivity contribution in [3.8, 4) is 0 Å². The first-order chi connectivity index (χ1) is 22.7. The fraction of sp³-hybridized carbons (Fsp3) is 0.537. The number of hydrogen-bond acceptors (Lipinski definition) is 4. The molecule has 260 valence electrons. The van der Waals surface area contributed by atoms with Gasteiger partial charge >= 0.3 is 0 Å². The molecule has 2 saturated carbocycles. The van der Waals surface area contributed by atoms with E-state index in [-0.39, 0.29) is 34.6 Å². The van der Waals surface area contributed by atoms with Gasteiger partial charge in [-0.1, -0.05) is 160 Å². The van der Waals surface area contributed by atoms with Crippen LogP contribution in [0.25, 0.3) is 0 Å². The second kappa shape index (κ2) is 18.5. The Labute approximate surface area is 287 Å². The van der Waals surface area contributed by atoms with Crippen LogP contribution in [0.15, 0.2) is 91.0 Å². The lowest BCUT2D eigenvalue weighted by molar-refractivity contribution is -0.134. The molecule has 1 N–H and O–H groups in total. The molecule has 1 amide bonds. The summed E-state index contributed by atoms with van der Waals surface area (Å²) in [5, 5.41) is 3.67. The molecule has 5 nitrogen and oxygen atoms in total. The Balaban J connectivity index is 0.000000894. The standard InChI is InChI=1S/C33H38N2O3S.4C2H6/c1-32(2)27-18-19-33(32)23-39(37,38)35(29(33)21-27)31(36)28(20-24-12-6-3-7-13-24)30(26-16-10-5-11-17-26)34-22-25-14-8-4-9-15-25;4*1-2/h3-17,27-30,34H,18-23H2,1-2H3;4*1-2H3. The largest absolute Gasteiger partial charge is 0.305 e. The third kappa shape index (κ3) is 8.37. The summed E-state index contributed by atoms with van der Waals surface area (Å²) in [7, 11) is -3.72. The fourth-order valence-corrected chi connectivity index (χ4v) is 10.5. The van der Waals surface area contributed by atoms with Crippen molar-refractivity contribution in [1.82, 2.24) is 9.62 Å². The predicted molar refractivity (Wildman–Crippen MR) is 199 cm³/mol. The fourth-order valence-electron chi connectivity index (χ4n) is 7.93. The molecule has 5 atom stereocenters. The van der Waals surface area contributed by atoms with Gasteiger partial charge < -0.3 is 5.32 Å². The van der Waals surface area contributed by atoms with Crippen molar-refractivity contribution in [3.63, 3.8) is 0 Å². The van der Waals surface area contributed by atoms with Crippen LogP contribution in [0.3, 0.4) is 0 Å². The molecule has 3 fully saturated rings. The van der Waals surface area contributed by atoms with Crippen molar-refractivity contribution in [2.75, 3.05) is 5.75 Å². The Morgan fingerprint density at radius 2 is 1.28 bits per heavy atom. The zero-order valence-electron chi connectivity index (χ0n) is 30.8. The summed E-state index contributed by atoms with van der Waals surface area (Å²) in [5.74, 6) is -0.294. The zero-order chi connectivity index (χ0) is 35.3. The number of carbonyl (C=O) groups excluding carboxylic acids is 1. The Bertz CT molecular complexity index is 1430. The van der Waals surface area contributed by atoms with Gasteiger partial charge in [-0.2, -0.15) is 0 Å². The lowest BCUT2D eigenvalue weighted by Gasteiger charge is -2.38. The van der Waals surface area contributed by atoms with Crippen LogP contribution in [0.4, 0.5) is 0 Å². The smallest absolute Gasteiger partial charge is 0.241 e. The normalized spacial score (nSPS) is 23.5. The van der Waals surface area contributed by atoms with E-state index >= 15 is 0 Å². The van der Waals surface area contributed by atoms with Crippen LogP contribution in [0.5, 0.6) is 0 Å². The molecule has 47 heavy (non-hydrogen) atoms. The van der Waals surface area contributed by atoms with Gasteiger partial charge in [0.1, 0.15) is 0 Å². The molecule has 1 heterocycles. The molecule has 2 bridgehead atoms. The molecule has 3 aromatic carbocycles. The summed E-state index contributed by atoms with van der Waals surface area (Å²) < 4.78 is 29.1. The molecule has 2 aliphatic carbocycles. The van der Waals surface area contributed by atoms with Crippen LogP contribution in [0.1, 0.15) is 111 Å². The number of sulfonamides is 1. The summed E-state index contributed by atoms with van der Waals surface area (Å²) in [6.07, 6.45) is 3.18. The minimum atomic E-state index is -3.72. The van der Waals surface area contributed by atoms with E-state index < -0.39 is 15.9 Å². The first kappa shape index (κ1) is 40.2. The summed E-state index contributed by atoms with van der Waals surface area (Å²) in [4.78, 5) is 14.7. The summed E-state index contributed by atoms with van der Waals surface area (Å²) in [6, 6.07) is 29.5. The minimum absolute atomic E-state index is 0.0842. The van der Waals surface area contributed by atoms with Crippen molar-refractivity contribution >= 4 is 15.9 Å². The van der Waals surface area contributed by atoms with E-state index in [1.807, 2.05) is 134 Å². The quantitative estimate of drug-likeness (QED) is 0.261. The van der Waals surface area contributed by atoms with Crippen molar-refractivity contribution in [1.29, 1.82) is 0 Å². The molecule has 1 spiro atoms. The lowest BCUT2D eigenvalue weighted by Crippen LogP contribution is -2.49. The Kier molecular flexibility index (Phi) is 15.9. The minimum Gasteiger partial charge on any atom is -0.305 e. The highest BCUT2D eigenvalue weighted by atomic mass is 32.2. The molecular formula is C41H62N2O3S. The van der Waals surface area contributed by atoms with Gasteiger partial charge in [0, 0.05) is 18.0 Å². The molecule has 1 aliphatic heterocycles. The number of amides is 1. The van der Waals surface area contributed by atoms with E-state index in [1.54, 1.807) is 0 Å². The predicted octanol–water partition coefficient (Wildman–Crippen LogP) is 9.85. The van der Waals surface area contributed by atoms with E-state index in [9.17, 15) is 13.2 Å². The van der Waals surface area contributed by atoms with Crippen LogP contribution < -0.4 is 5.32 Å². The molecule has 1 saturated heterocycles. The van der Waals surface area contributed by atoms with Gasteiger partial charge in [-0.05, 0) is 53.7 Å². The number of hydrogen-bond donors (Lipinski definition) is 1. The topological polar surface area (TPSA) is 66.5 Å².